The topological polar surface area (TPSA) is 28.4 Å². The Balaban J connectivity index is 1.67. The zero-order chi connectivity index (χ0) is 13.2. The second-order valence-electron chi connectivity index (χ2n) is 5.18. The van der Waals surface area contributed by atoms with E-state index in [9.17, 15) is 0 Å². The van der Waals surface area contributed by atoms with Crippen LogP contribution in [0.2, 0.25) is 0 Å². The van der Waals surface area contributed by atoms with Gasteiger partial charge >= 0.3 is 0 Å². The highest BCUT2D eigenvalue weighted by atomic mass is 32.1. The molecule has 0 unspecified atom stereocenters. The molecule has 0 bridgehead atoms. The quantitative estimate of drug-likeness (QED) is 0.930. The molecular formula is C15H20N2OS. The molecule has 1 N–H and O–H groups in total. The predicted octanol–water partition coefficient (Wildman–Crippen LogP) is 2.93. The zero-order valence-corrected chi connectivity index (χ0v) is 12.3. The molecule has 0 saturated carbocycles. The number of thiophene rings is 1. The second-order valence-corrected chi connectivity index (χ2v) is 6.18. The van der Waals surface area contributed by atoms with Crippen molar-refractivity contribution in [1.82, 2.24) is 10.2 Å². The van der Waals surface area contributed by atoms with Crippen LogP contribution in [0.3, 0.4) is 0 Å². The fourth-order valence-electron chi connectivity index (χ4n) is 2.67. The van der Waals surface area contributed by atoms with Gasteiger partial charge in [0.25, 0.3) is 0 Å². The third-order valence-electron chi connectivity index (χ3n) is 3.68. The van der Waals surface area contributed by atoms with Crippen molar-refractivity contribution < 1.29 is 4.42 Å². The molecule has 102 valence electrons. The highest BCUT2D eigenvalue weighted by Crippen LogP contribution is 2.25. The lowest BCUT2D eigenvalue weighted by atomic mass is 10.1. The molecule has 3 rings (SSSR count). The molecule has 0 fully saturated rings. The van der Waals surface area contributed by atoms with Crippen LogP contribution >= 0.6 is 11.3 Å². The molecule has 0 aliphatic carbocycles. The van der Waals surface area contributed by atoms with E-state index in [0.717, 1.165) is 37.7 Å². The van der Waals surface area contributed by atoms with E-state index in [1.807, 2.05) is 18.4 Å². The average Bonchev–Trinajstić information content (AvgIpc) is 2.97. The van der Waals surface area contributed by atoms with Gasteiger partial charge in [-0.25, -0.2) is 0 Å². The Hall–Kier alpha value is -1.10. The van der Waals surface area contributed by atoms with Crippen LogP contribution in [0.5, 0.6) is 0 Å². The van der Waals surface area contributed by atoms with E-state index >= 15 is 0 Å². The molecule has 2 aromatic rings. The minimum Gasteiger partial charge on any atom is -0.463 e. The largest absolute Gasteiger partial charge is 0.463 e. The predicted molar refractivity (Wildman–Crippen MR) is 78.3 cm³/mol. The minimum absolute atomic E-state index is 0.806. The summed E-state index contributed by atoms with van der Waals surface area (Å²) >= 11 is 1.89. The van der Waals surface area contributed by atoms with Gasteiger partial charge in [-0.05, 0) is 49.0 Å². The Kier molecular flexibility index (Phi) is 3.73. The van der Waals surface area contributed by atoms with Crippen LogP contribution < -0.4 is 5.32 Å². The average molecular weight is 276 g/mol. The summed E-state index contributed by atoms with van der Waals surface area (Å²) in [7, 11) is 1.95. The van der Waals surface area contributed by atoms with E-state index < -0.39 is 0 Å². The number of aryl methyl sites for hydroxylation is 1. The van der Waals surface area contributed by atoms with Crippen LogP contribution in [-0.4, -0.2) is 18.5 Å². The maximum absolute atomic E-state index is 5.93. The van der Waals surface area contributed by atoms with Crippen LogP contribution in [0, 0.1) is 6.92 Å². The van der Waals surface area contributed by atoms with Crippen molar-refractivity contribution in [1.29, 1.82) is 0 Å². The molecule has 0 saturated heterocycles. The molecule has 0 radical (unpaired) electrons. The number of rotatable bonds is 4. The number of nitrogens with zero attached hydrogens (tertiary/aromatic N) is 1. The van der Waals surface area contributed by atoms with Crippen molar-refractivity contribution in [3.05, 3.63) is 45.0 Å². The van der Waals surface area contributed by atoms with Gasteiger partial charge in [0.1, 0.15) is 11.5 Å². The normalized spacial score (nSPS) is 15.7. The third kappa shape index (κ3) is 2.76. The molecule has 0 aromatic carbocycles. The summed E-state index contributed by atoms with van der Waals surface area (Å²) in [4.78, 5) is 4.03. The van der Waals surface area contributed by atoms with E-state index in [4.69, 9.17) is 4.42 Å². The third-order valence-corrected chi connectivity index (χ3v) is 4.70. The lowest BCUT2D eigenvalue weighted by Gasteiger charge is -2.25. The molecule has 1 aliphatic heterocycles. The molecule has 2 aromatic heterocycles. The van der Waals surface area contributed by atoms with Crippen LogP contribution in [0.25, 0.3) is 0 Å². The molecule has 3 nitrogen and oxygen atoms in total. The van der Waals surface area contributed by atoms with Crippen LogP contribution in [0.1, 0.15) is 27.5 Å². The van der Waals surface area contributed by atoms with Crippen molar-refractivity contribution >= 4 is 11.3 Å². The van der Waals surface area contributed by atoms with E-state index in [2.05, 4.69) is 34.7 Å². The van der Waals surface area contributed by atoms with Crippen molar-refractivity contribution in [2.24, 2.45) is 0 Å². The van der Waals surface area contributed by atoms with Gasteiger partial charge in [-0.3, -0.25) is 4.90 Å². The van der Waals surface area contributed by atoms with Crippen molar-refractivity contribution in [3.63, 3.8) is 0 Å². The molecule has 19 heavy (non-hydrogen) atoms. The van der Waals surface area contributed by atoms with Crippen molar-refractivity contribution in [2.75, 3.05) is 13.6 Å². The molecule has 4 heteroatoms. The lowest BCUT2D eigenvalue weighted by molar-refractivity contribution is 0.225. The van der Waals surface area contributed by atoms with Crippen molar-refractivity contribution in [2.45, 2.75) is 33.0 Å². The summed E-state index contributed by atoms with van der Waals surface area (Å²) in [5.41, 5.74) is 2.74. The van der Waals surface area contributed by atoms with Crippen LogP contribution in [0.4, 0.5) is 0 Å². The first-order valence-corrected chi connectivity index (χ1v) is 7.64. The first-order chi connectivity index (χ1) is 9.26. The van der Waals surface area contributed by atoms with Gasteiger partial charge in [-0.1, -0.05) is 0 Å². The van der Waals surface area contributed by atoms with Gasteiger partial charge in [0.2, 0.25) is 0 Å². The number of hydrogen-bond donors (Lipinski definition) is 1. The first-order valence-electron chi connectivity index (χ1n) is 6.76. The maximum Gasteiger partial charge on any atom is 0.120 e. The summed E-state index contributed by atoms with van der Waals surface area (Å²) in [6.45, 7) is 6.03. The summed E-state index contributed by atoms with van der Waals surface area (Å²) in [5.74, 6) is 2.15. The summed E-state index contributed by atoms with van der Waals surface area (Å²) in [6.07, 6.45) is 1.18. The van der Waals surface area contributed by atoms with E-state index in [-0.39, 0.29) is 0 Å². The van der Waals surface area contributed by atoms with Gasteiger partial charge in [-0.2, -0.15) is 0 Å². The van der Waals surface area contributed by atoms with Crippen LogP contribution in [-0.2, 0) is 26.1 Å². The molecular weight excluding hydrogens is 256 g/mol. The van der Waals surface area contributed by atoms with E-state index in [1.165, 1.54) is 17.5 Å². The summed E-state index contributed by atoms with van der Waals surface area (Å²) in [6, 6.07) is 4.43. The Morgan fingerprint density at radius 3 is 3.21 bits per heavy atom. The zero-order valence-electron chi connectivity index (χ0n) is 11.5. The van der Waals surface area contributed by atoms with E-state index in [0.29, 0.717) is 0 Å². The highest BCUT2D eigenvalue weighted by Gasteiger charge is 2.18. The fourth-order valence-corrected chi connectivity index (χ4v) is 3.56. The standard InChI is InChI=1S/C15H20N2OS/c1-11-7-13(18-14(11)8-16-2)10-17-5-3-15-12(9-17)4-6-19-15/h4,6-7,16H,3,5,8-10H2,1-2H3. The van der Waals surface area contributed by atoms with Gasteiger partial charge in [0.05, 0.1) is 13.1 Å². The Labute approximate surface area is 118 Å². The second kappa shape index (κ2) is 5.49. The molecule has 0 spiro atoms. The van der Waals surface area contributed by atoms with Gasteiger partial charge in [0.15, 0.2) is 0 Å². The Morgan fingerprint density at radius 1 is 1.47 bits per heavy atom. The fraction of sp³-hybridized carbons (Fsp3) is 0.467. The van der Waals surface area contributed by atoms with Gasteiger partial charge in [0, 0.05) is 18.0 Å². The molecule has 0 amide bonds. The van der Waals surface area contributed by atoms with Crippen molar-refractivity contribution in [3.8, 4) is 0 Å². The summed E-state index contributed by atoms with van der Waals surface area (Å²) in [5, 5.41) is 5.35. The number of fused-ring (bicyclic) bond motifs is 1. The maximum atomic E-state index is 5.93. The van der Waals surface area contributed by atoms with Gasteiger partial charge in [-0.15, -0.1) is 11.3 Å². The molecule has 0 atom stereocenters. The first kappa shape index (κ1) is 12.9. The van der Waals surface area contributed by atoms with Gasteiger partial charge < -0.3 is 9.73 Å². The number of furan rings is 1. The number of nitrogens with one attached hydrogen (secondary N) is 1. The molecule has 1 aliphatic rings. The Bertz CT molecular complexity index is 558. The Morgan fingerprint density at radius 2 is 2.37 bits per heavy atom. The summed E-state index contributed by atoms with van der Waals surface area (Å²) < 4.78 is 5.93. The smallest absolute Gasteiger partial charge is 0.120 e. The minimum atomic E-state index is 0.806. The lowest BCUT2D eigenvalue weighted by Crippen LogP contribution is -2.28. The van der Waals surface area contributed by atoms with E-state index in [1.54, 1.807) is 4.88 Å². The van der Waals surface area contributed by atoms with Crippen LogP contribution in [0.15, 0.2) is 21.9 Å². The monoisotopic (exact) mass is 276 g/mol. The highest BCUT2D eigenvalue weighted by molar-refractivity contribution is 7.10. The molecule has 3 heterocycles. The number of hydrogen-bond acceptors (Lipinski definition) is 4. The SMILES string of the molecule is CNCc1oc(CN2CCc3sccc3C2)cc1C.